The molecule has 3 N–H and O–H groups in total. The van der Waals surface area contributed by atoms with E-state index in [0.717, 1.165) is 0 Å². The highest BCUT2D eigenvalue weighted by atomic mass is 35.5. The van der Waals surface area contributed by atoms with E-state index in [2.05, 4.69) is 5.32 Å². The maximum Gasteiger partial charge on any atom is 0.221 e. The number of anilines is 2. The van der Waals surface area contributed by atoms with Crippen molar-refractivity contribution < 1.29 is 9.59 Å². The Morgan fingerprint density at radius 2 is 1.74 bits per heavy atom. The number of nitrogens with two attached hydrogens (primary N) is 1. The molecule has 104 valence electrons. The van der Waals surface area contributed by atoms with Gasteiger partial charge in [-0.05, 0) is 6.07 Å². The van der Waals surface area contributed by atoms with Crippen LogP contribution in [0.3, 0.4) is 0 Å². The van der Waals surface area contributed by atoms with Crippen LogP contribution in [0.15, 0.2) is 6.07 Å². The lowest BCUT2D eigenvalue weighted by molar-refractivity contribution is -0.114. The van der Waals surface area contributed by atoms with Gasteiger partial charge in [-0.3, -0.25) is 9.59 Å². The molecule has 6 heteroatoms. The first kappa shape index (κ1) is 15.8. The lowest BCUT2D eigenvalue weighted by Gasteiger charge is -2.20. The Morgan fingerprint density at radius 3 is 2.16 bits per heavy atom. The first-order valence-electron chi connectivity index (χ1n) is 5.65. The van der Waals surface area contributed by atoms with Crippen LogP contribution < -0.4 is 11.1 Å². The molecule has 0 saturated carbocycles. The standard InChI is InChI=1S/C13H16Cl2N2O2/c1-6(18)17-8-5-7(16)10(14)9(11(8)15)12(19)13(2,3)4/h5H,16H2,1-4H3,(H,17,18). The third-order valence-corrected chi connectivity index (χ3v) is 3.25. The third kappa shape index (κ3) is 3.39. The summed E-state index contributed by atoms with van der Waals surface area (Å²) < 4.78 is 0. The fourth-order valence-corrected chi connectivity index (χ4v) is 2.08. The van der Waals surface area contributed by atoms with Crippen LogP contribution >= 0.6 is 23.2 Å². The summed E-state index contributed by atoms with van der Waals surface area (Å²) in [7, 11) is 0. The molecule has 1 rings (SSSR count). The molecule has 0 bridgehead atoms. The van der Waals surface area contributed by atoms with E-state index in [0.29, 0.717) is 0 Å². The van der Waals surface area contributed by atoms with Crippen LogP contribution in [-0.4, -0.2) is 11.7 Å². The quantitative estimate of drug-likeness (QED) is 0.645. The largest absolute Gasteiger partial charge is 0.397 e. The first-order valence-corrected chi connectivity index (χ1v) is 6.41. The molecule has 1 aromatic carbocycles. The molecule has 0 heterocycles. The maximum atomic E-state index is 12.4. The molecule has 0 aliphatic heterocycles. The van der Waals surface area contributed by atoms with Crippen molar-refractivity contribution in [1.82, 2.24) is 0 Å². The SMILES string of the molecule is CC(=O)Nc1cc(N)c(Cl)c(C(=O)C(C)(C)C)c1Cl. The van der Waals surface area contributed by atoms with Crippen LogP contribution in [-0.2, 0) is 4.79 Å². The van der Waals surface area contributed by atoms with Gasteiger partial charge in [0, 0.05) is 12.3 Å². The van der Waals surface area contributed by atoms with E-state index in [9.17, 15) is 9.59 Å². The van der Waals surface area contributed by atoms with Gasteiger partial charge < -0.3 is 11.1 Å². The number of Topliss-reactive ketones (excluding diaryl/α,β-unsaturated/α-hetero) is 1. The van der Waals surface area contributed by atoms with E-state index in [1.165, 1.54) is 13.0 Å². The van der Waals surface area contributed by atoms with Crippen molar-refractivity contribution in [3.8, 4) is 0 Å². The predicted molar refractivity (Wildman–Crippen MR) is 79.0 cm³/mol. The highest BCUT2D eigenvalue weighted by Gasteiger charge is 2.29. The number of hydrogen-bond donors (Lipinski definition) is 2. The number of amides is 1. The molecule has 0 aromatic heterocycles. The molecule has 0 spiro atoms. The normalized spacial score (nSPS) is 11.3. The zero-order valence-corrected chi connectivity index (χ0v) is 12.7. The molecule has 0 saturated heterocycles. The minimum Gasteiger partial charge on any atom is -0.397 e. The van der Waals surface area contributed by atoms with Gasteiger partial charge in [0.2, 0.25) is 5.91 Å². The van der Waals surface area contributed by atoms with Gasteiger partial charge in [0.15, 0.2) is 5.78 Å². The Labute approximate surface area is 122 Å². The van der Waals surface area contributed by atoms with Gasteiger partial charge in [0.25, 0.3) is 0 Å². The number of ketones is 1. The van der Waals surface area contributed by atoms with Gasteiger partial charge in [-0.25, -0.2) is 0 Å². The van der Waals surface area contributed by atoms with Gasteiger partial charge in [0.1, 0.15) is 0 Å². The number of nitrogen functional groups attached to an aromatic ring is 1. The van der Waals surface area contributed by atoms with E-state index >= 15 is 0 Å². The topological polar surface area (TPSA) is 72.2 Å². The number of carbonyl (C=O) groups excluding carboxylic acids is 2. The number of hydrogen-bond acceptors (Lipinski definition) is 3. The molecule has 0 fully saturated rings. The smallest absolute Gasteiger partial charge is 0.221 e. The van der Waals surface area contributed by atoms with E-state index in [1.54, 1.807) is 20.8 Å². The number of benzene rings is 1. The second-order valence-electron chi connectivity index (χ2n) is 5.28. The molecule has 0 radical (unpaired) electrons. The molecular formula is C13H16Cl2N2O2. The lowest BCUT2D eigenvalue weighted by Crippen LogP contribution is -2.22. The van der Waals surface area contributed by atoms with E-state index in [1.807, 2.05) is 0 Å². The van der Waals surface area contributed by atoms with Crippen LogP contribution in [0.2, 0.25) is 10.0 Å². The number of rotatable bonds is 2. The average Bonchev–Trinajstić information content (AvgIpc) is 2.24. The van der Waals surface area contributed by atoms with Crippen molar-refractivity contribution >= 4 is 46.3 Å². The lowest BCUT2D eigenvalue weighted by atomic mass is 9.86. The Balaban J connectivity index is 3.50. The van der Waals surface area contributed by atoms with Gasteiger partial charge >= 0.3 is 0 Å². The fourth-order valence-electron chi connectivity index (χ4n) is 1.51. The summed E-state index contributed by atoms with van der Waals surface area (Å²) in [5.74, 6) is -0.542. The molecule has 0 unspecified atom stereocenters. The van der Waals surface area contributed by atoms with Crippen LogP contribution in [0.25, 0.3) is 0 Å². The summed E-state index contributed by atoms with van der Waals surface area (Å²) in [5.41, 5.74) is 5.71. The third-order valence-electron chi connectivity index (χ3n) is 2.45. The van der Waals surface area contributed by atoms with Crippen molar-refractivity contribution in [2.24, 2.45) is 5.41 Å². The number of carbonyl (C=O) groups is 2. The van der Waals surface area contributed by atoms with Gasteiger partial charge in [0.05, 0.1) is 27.0 Å². The zero-order valence-electron chi connectivity index (χ0n) is 11.2. The van der Waals surface area contributed by atoms with E-state index in [4.69, 9.17) is 28.9 Å². The zero-order chi connectivity index (χ0) is 15.0. The summed E-state index contributed by atoms with van der Waals surface area (Å²) in [6.45, 7) is 6.60. The summed E-state index contributed by atoms with van der Waals surface area (Å²) in [4.78, 5) is 23.5. The van der Waals surface area contributed by atoms with E-state index in [-0.39, 0.29) is 38.7 Å². The van der Waals surface area contributed by atoms with Gasteiger partial charge in [-0.1, -0.05) is 44.0 Å². The van der Waals surface area contributed by atoms with Crippen molar-refractivity contribution in [2.45, 2.75) is 27.7 Å². The van der Waals surface area contributed by atoms with Crippen molar-refractivity contribution in [1.29, 1.82) is 0 Å². The van der Waals surface area contributed by atoms with Crippen LogP contribution in [0.1, 0.15) is 38.1 Å². The average molecular weight is 303 g/mol. The summed E-state index contributed by atoms with van der Waals surface area (Å²) >= 11 is 12.2. The Bertz CT molecular complexity index is 549. The molecule has 1 aromatic rings. The first-order chi connectivity index (χ1) is 8.55. The van der Waals surface area contributed by atoms with Crippen LogP contribution in [0.4, 0.5) is 11.4 Å². The molecule has 0 aliphatic rings. The fraction of sp³-hybridized carbons (Fsp3) is 0.385. The molecular weight excluding hydrogens is 287 g/mol. The minimum atomic E-state index is -0.658. The van der Waals surface area contributed by atoms with Crippen molar-refractivity contribution in [3.05, 3.63) is 21.7 Å². The molecule has 0 atom stereocenters. The van der Waals surface area contributed by atoms with Gasteiger partial charge in [-0.2, -0.15) is 0 Å². The summed E-state index contributed by atoms with van der Waals surface area (Å²) in [6.07, 6.45) is 0. The van der Waals surface area contributed by atoms with Crippen molar-refractivity contribution in [3.63, 3.8) is 0 Å². The molecule has 19 heavy (non-hydrogen) atoms. The van der Waals surface area contributed by atoms with Crippen molar-refractivity contribution in [2.75, 3.05) is 11.1 Å². The number of nitrogens with one attached hydrogen (secondary N) is 1. The van der Waals surface area contributed by atoms with Crippen LogP contribution in [0.5, 0.6) is 0 Å². The predicted octanol–water partition coefficient (Wildman–Crippen LogP) is 3.76. The van der Waals surface area contributed by atoms with Crippen LogP contribution in [0, 0.1) is 5.41 Å². The number of halogens is 2. The van der Waals surface area contributed by atoms with Gasteiger partial charge in [-0.15, -0.1) is 0 Å². The molecule has 1 amide bonds. The Kier molecular flexibility index (Phi) is 4.48. The maximum absolute atomic E-state index is 12.4. The second-order valence-corrected chi connectivity index (χ2v) is 6.03. The second kappa shape index (κ2) is 5.39. The molecule has 0 aliphatic carbocycles. The monoisotopic (exact) mass is 302 g/mol. The minimum absolute atomic E-state index is 0.106. The Morgan fingerprint density at radius 1 is 1.21 bits per heavy atom. The Hall–Kier alpha value is -1.26. The highest BCUT2D eigenvalue weighted by Crippen LogP contribution is 2.39. The summed E-state index contributed by atoms with van der Waals surface area (Å²) in [5, 5.41) is 2.74. The van der Waals surface area contributed by atoms with E-state index < -0.39 is 5.41 Å². The highest BCUT2D eigenvalue weighted by molar-refractivity contribution is 6.43. The molecule has 4 nitrogen and oxygen atoms in total. The summed E-state index contributed by atoms with van der Waals surface area (Å²) in [6, 6.07) is 1.44.